The quantitative estimate of drug-likeness (QED) is 0.855. The lowest BCUT2D eigenvalue weighted by atomic mass is 9.82. The van der Waals surface area contributed by atoms with Crippen LogP contribution in [-0.4, -0.2) is 11.1 Å². The van der Waals surface area contributed by atoms with Gasteiger partial charge in [-0.05, 0) is 43.6 Å². The van der Waals surface area contributed by atoms with Crippen molar-refractivity contribution >= 4 is 5.69 Å². The van der Waals surface area contributed by atoms with Gasteiger partial charge in [0.25, 0.3) is 0 Å². The average molecular weight is 234 g/mol. The zero-order valence-corrected chi connectivity index (χ0v) is 10.9. The molecule has 1 saturated carbocycles. The summed E-state index contributed by atoms with van der Waals surface area (Å²) in [6.07, 6.45) is 5.63. The van der Waals surface area contributed by atoms with Crippen molar-refractivity contribution < 1.29 is 4.74 Å². The van der Waals surface area contributed by atoms with E-state index in [2.05, 4.69) is 18.8 Å². The van der Waals surface area contributed by atoms with E-state index in [1.54, 1.807) is 6.20 Å². The summed E-state index contributed by atoms with van der Waals surface area (Å²) in [4.78, 5) is 4.28. The number of aryl methyl sites for hydroxylation is 1. The Labute approximate surface area is 103 Å². The van der Waals surface area contributed by atoms with Crippen LogP contribution in [0.1, 0.15) is 38.7 Å². The molecule has 1 aromatic rings. The first kappa shape index (κ1) is 12.2. The lowest BCUT2D eigenvalue weighted by molar-refractivity contribution is 0.0968. The van der Waals surface area contributed by atoms with E-state index in [0.717, 1.165) is 35.9 Å². The third kappa shape index (κ3) is 3.11. The topological polar surface area (TPSA) is 48.1 Å². The molecule has 0 spiro atoms. The first-order valence-corrected chi connectivity index (χ1v) is 6.43. The van der Waals surface area contributed by atoms with Crippen LogP contribution in [0.15, 0.2) is 12.3 Å². The molecular formula is C14H22N2O. The minimum atomic E-state index is 0.295. The fraction of sp³-hybridized carbons (Fsp3) is 0.643. The smallest absolute Gasteiger partial charge is 0.215 e. The Morgan fingerprint density at radius 3 is 2.47 bits per heavy atom. The molecule has 0 aromatic carbocycles. The Kier molecular flexibility index (Phi) is 3.55. The van der Waals surface area contributed by atoms with Crippen molar-refractivity contribution in [2.24, 2.45) is 11.8 Å². The molecule has 2 atom stereocenters. The van der Waals surface area contributed by atoms with Crippen molar-refractivity contribution in [3.8, 4) is 5.88 Å². The number of ether oxygens (including phenoxy) is 1. The van der Waals surface area contributed by atoms with Gasteiger partial charge in [0, 0.05) is 18.0 Å². The van der Waals surface area contributed by atoms with Gasteiger partial charge in [0.05, 0.1) is 0 Å². The number of aromatic nitrogens is 1. The molecule has 3 nitrogen and oxygen atoms in total. The molecule has 0 bridgehead atoms. The monoisotopic (exact) mass is 234 g/mol. The van der Waals surface area contributed by atoms with E-state index in [0.29, 0.717) is 12.0 Å². The van der Waals surface area contributed by atoms with E-state index in [1.807, 2.05) is 13.0 Å². The van der Waals surface area contributed by atoms with Gasteiger partial charge in [0.15, 0.2) is 0 Å². The molecule has 2 N–H and O–H groups in total. The SMILES string of the molecule is Cc1cnc(OC2CC(C)CC(C)C2)cc1N. The van der Waals surface area contributed by atoms with Crippen molar-refractivity contribution in [1.29, 1.82) is 0 Å². The normalized spacial score (nSPS) is 29.0. The summed E-state index contributed by atoms with van der Waals surface area (Å²) in [6.45, 7) is 6.54. The highest BCUT2D eigenvalue weighted by Crippen LogP contribution is 2.31. The highest BCUT2D eigenvalue weighted by Gasteiger charge is 2.25. The fourth-order valence-electron chi connectivity index (χ4n) is 2.72. The summed E-state index contributed by atoms with van der Waals surface area (Å²) in [6, 6.07) is 1.83. The highest BCUT2D eigenvalue weighted by atomic mass is 16.5. The van der Waals surface area contributed by atoms with E-state index in [-0.39, 0.29) is 0 Å². The van der Waals surface area contributed by atoms with Crippen molar-refractivity contribution in [2.45, 2.75) is 46.1 Å². The molecule has 1 aromatic heterocycles. The fourth-order valence-corrected chi connectivity index (χ4v) is 2.72. The van der Waals surface area contributed by atoms with Gasteiger partial charge in [-0.15, -0.1) is 0 Å². The molecule has 3 heteroatoms. The summed E-state index contributed by atoms with van der Waals surface area (Å²) in [5.74, 6) is 2.15. The zero-order chi connectivity index (χ0) is 12.4. The van der Waals surface area contributed by atoms with E-state index in [1.165, 1.54) is 6.42 Å². The lowest BCUT2D eigenvalue weighted by Gasteiger charge is -2.31. The molecule has 17 heavy (non-hydrogen) atoms. The minimum Gasteiger partial charge on any atom is -0.474 e. The second-order valence-corrected chi connectivity index (χ2v) is 5.54. The molecule has 1 aliphatic rings. The largest absolute Gasteiger partial charge is 0.474 e. The van der Waals surface area contributed by atoms with Gasteiger partial charge in [-0.3, -0.25) is 0 Å². The molecular weight excluding hydrogens is 212 g/mol. The van der Waals surface area contributed by atoms with Crippen molar-refractivity contribution in [1.82, 2.24) is 4.98 Å². The first-order chi connectivity index (χ1) is 8.04. The van der Waals surface area contributed by atoms with Gasteiger partial charge in [-0.1, -0.05) is 13.8 Å². The standard InChI is InChI=1S/C14H22N2O/c1-9-4-10(2)6-12(5-9)17-14-7-13(15)11(3)8-16-14/h7-10,12H,4-6H2,1-3H3,(H2,15,16). The molecule has 0 radical (unpaired) electrons. The Balaban J connectivity index is 2.02. The Hall–Kier alpha value is -1.25. The Bertz CT molecular complexity index is 382. The summed E-state index contributed by atoms with van der Waals surface area (Å²) in [5, 5.41) is 0. The molecule has 2 unspecified atom stereocenters. The van der Waals surface area contributed by atoms with Crippen molar-refractivity contribution in [3.05, 3.63) is 17.8 Å². The summed E-state index contributed by atoms with van der Waals surface area (Å²) in [5.41, 5.74) is 7.62. The van der Waals surface area contributed by atoms with Crippen LogP contribution in [0.3, 0.4) is 0 Å². The second kappa shape index (κ2) is 4.94. The number of nitrogen functional groups attached to an aromatic ring is 1. The van der Waals surface area contributed by atoms with Crippen molar-refractivity contribution in [2.75, 3.05) is 5.73 Å². The van der Waals surface area contributed by atoms with Gasteiger partial charge in [-0.25, -0.2) is 4.98 Å². The van der Waals surface area contributed by atoms with Crippen molar-refractivity contribution in [3.63, 3.8) is 0 Å². The number of hydrogen-bond acceptors (Lipinski definition) is 3. The molecule has 2 rings (SSSR count). The third-order valence-corrected chi connectivity index (χ3v) is 3.54. The maximum Gasteiger partial charge on any atom is 0.215 e. The number of pyridine rings is 1. The molecule has 0 amide bonds. The van der Waals surface area contributed by atoms with E-state index in [9.17, 15) is 0 Å². The molecule has 0 saturated heterocycles. The van der Waals surface area contributed by atoms with Crippen LogP contribution in [0, 0.1) is 18.8 Å². The number of rotatable bonds is 2. The van der Waals surface area contributed by atoms with E-state index < -0.39 is 0 Å². The van der Waals surface area contributed by atoms with E-state index in [4.69, 9.17) is 10.5 Å². The maximum atomic E-state index is 5.94. The molecule has 1 fully saturated rings. The van der Waals surface area contributed by atoms with Crippen LogP contribution < -0.4 is 10.5 Å². The van der Waals surface area contributed by atoms with Gasteiger partial charge in [-0.2, -0.15) is 0 Å². The number of nitrogens with zero attached hydrogens (tertiary/aromatic N) is 1. The Morgan fingerprint density at radius 2 is 1.88 bits per heavy atom. The summed E-state index contributed by atoms with van der Waals surface area (Å²) < 4.78 is 5.94. The van der Waals surface area contributed by atoms with Crippen LogP contribution in [0.5, 0.6) is 5.88 Å². The summed E-state index contributed by atoms with van der Waals surface area (Å²) >= 11 is 0. The predicted molar refractivity (Wildman–Crippen MR) is 70.0 cm³/mol. The van der Waals surface area contributed by atoms with Crippen LogP contribution in [0.2, 0.25) is 0 Å². The lowest BCUT2D eigenvalue weighted by Crippen LogP contribution is -2.28. The molecule has 1 aliphatic carbocycles. The third-order valence-electron chi connectivity index (χ3n) is 3.54. The first-order valence-electron chi connectivity index (χ1n) is 6.43. The van der Waals surface area contributed by atoms with Gasteiger partial charge in [0.2, 0.25) is 5.88 Å². The molecule has 94 valence electrons. The zero-order valence-electron chi connectivity index (χ0n) is 10.9. The molecule has 1 heterocycles. The number of hydrogen-bond donors (Lipinski definition) is 1. The van der Waals surface area contributed by atoms with Gasteiger partial charge in [0.1, 0.15) is 6.10 Å². The average Bonchev–Trinajstić information content (AvgIpc) is 2.22. The number of anilines is 1. The van der Waals surface area contributed by atoms with Crippen LogP contribution in [0.4, 0.5) is 5.69 Å². The van der Waals surface area contributed by atoms with Gasteiger partial charge < -0.3 is 10.5 Å². The second-order valence-electron chi connectivity index (χ2n) is 5.54. The summed E-state index contributed by atoms with van der Waals surface area (Å²) in [7, 11) is 0. The van der Waals surface area contributed by atoms with Gasteiger partial charge >= 0.3 is 0 Å². The maximum absolute atomic E-state index is 5.94. The number of nitrogens with two attached hydrogens (primary N) is 1. The van der Waals surface area contributed by atoms with Crippen LogP contribution >= 0.6 is 0 Å². The van der Waals surface area contributed by atoms with Crippen LogP contribution in [0.25, 0.3) is 0 Å². The Morgan fingerprint density at radius 1 is 1.24 bits per heavy atom. The van der Waals surface area contributed by atoms with E-state index >= 15 is 0 Å². The highest BCUT2D eigenvalue weighted by molar-refractivity contribution is 5.47. The minimum absolute atomic E-state index is 0.295. The molecule has 0 aliphatic heterocycles. The predicted octanol–water partition coefficient (Wildman–Crippen LogP) is 3.18. The van der Waals surface area contributed by atoms with Crippen LogP contribution in [-0.2, 0) is 0 Å².